The number of rotatable bonds is 3. The first-order valence-electron chi connectivity index (χ1n) is 16.3. The molecule has 0 unspecified atom stereocenters. The number of aromatic nitrogens is 5. The summed E-state index contributed by atoms with van der Waals surface area (Å²) in [5, 5.41) is 11.2. The van der Waals surface area contributed by atoms with Crippen LogP contribution in [-0.2, 0) is 11.2 Å². The monoisotopic (exact) mass is 634 g/mol. The van der Waals surface area contributed by atoms with Gasteiger partial charge in [-0.1, -0.05) is 0 Å². The fraction of sp³-hybridized carbons (Fsp3) is 0.545. The maximum absolute atomic E-state index is 17.0. The van der Waals surface area contributed by atoms with Gasteiger partial charge in [0.1, 0.15) is 29.8 Å². The largest absolute Gasteiger partial charge is 0.461 e. The van der Waals surface area contributed by atoms with Crippen molar-refractivity contribution in [1.82, 2.24) is 35.4 Å². The summed E-state index contributed by atoms with van der Waals surface area (Å²) in [6, 6.07) is 1.65. The van der Waals surface area contributed by atoms with Gasteiger partial charge in [-0.25, -0.2) is 13.2 Å². The van der Waals surface area contributed by atoms with Crippen LogP contribution < -0.4 is 15.0 Å². The van der Waals surface area contributed by atoms with E-state index in [1.807, 2.05) is 17.9 Å². The van der Waals surface area contributed by atoms with Crippen LogP contribution >= 0.6 is 0 Å². The van der Waals surface area contributed by atoms with Crippen molar-refractivity contribution >= 4 is 33.5 Å². The molecule has 8 heterocycles. The van der Waals surface area contributed by atoms with Gasteiger partial charge in [0.05, 0.1) is 22.6 Å². The number of benzene rings is 1. The first kappa shape index (κ1) is 29.4. The Kier molecular flexibility index (Phi) is 7.26. The number of aromatic amines is 1. The van der Waals surface area contributed by atoms with Crippen LogP contribution in [0.5, 0.6) is 6.01 Å². The van der Waals surface area contributed by atoms with Crippen LogP contribution in [0.3, 0.4) is 0 Å². The van der Waals surface area contributed by atoms with Crippen LogP contribution in [-0.4, -0.2) is 92.7 Å². The Morgan fingerprint density at radius 1 is 1.09 bits per heavy atom. The molecule has 1 amide bonds. The number of fused-ring (bicyclic) bond motifs is 8. The lowest BCUT2D eigenvalue weighted by molar-refractivity contribution is -0.127. The standard InChI is InChI=1S/C33H37F3N8O2/c1-18-11-25-22(14-38-42-25)26-21(18)6-2-7-24(35)31(45)39-20-5-3-9-43(16-20)30-23-13-37-29(26)27(36)28(23)40-32(41-30)46-17-33-8-4-10-44(33)15-19(34)12-33/h11,13-14,19-20,24H,2-10,12,15-17H2,1H3,(H,38,42)(H,39,45)/t19-,20-,24+,33+/m1/s1. The van der Waals surface area contributed by atoms with Gasteiger partial charge in [-0.05, 0) is 75.6 Å². The summed E-state index contributed by atoms with van der Waals surface area (Å²) in [6.07, 6.45) is 5.11. The van der Waals surface area contributed by atoms with Crippen molar-refractivity contribution in [3.63, 3.8) is 0 Å². The maximum atomic E-state index is 17.0. The highest BCUT2D eigenvalue weighted by molar-refractivity contribution is 5.99. The Morgan fingerprint density at radius 3 is 2.87 bits per heavy atom. The fourth-order valence-corrected chi connectivity index (χ4v) is 8.18. The predicted molar refractivity (Wildman–Crippen MR) is 167 cm³/mol. The number of ether oxygens (including phenoxy) is 1. The number of carbonyl (C=O) groups is 1. The molecule has 6 bridgehead atoms. The van der Waals surface area contributed by atoms with Gasteiger partial charge < -0.3 is 15.0 Å². The van der Waals surface area contributed by atoms with Crippen LogP contribution in [0.25, 0.3) is 33.1 Å². The Hall–Kier alpha value is -4.00. The molecule has 3 saturated heterocycles. The lowest BCUT2D eigenvalue weighted by Crippen LogP contribution is -2.50. The Balaban J connectivity index is 1.29. The number of aryl methyl sites for hydroxylation is 1. The number of pyridine rings is 1. The third-order valence-electron chi connectivity index (χ3n) is 10.4. The molecular formula is C33H37F3N8O2. The highest BCUT2D eigenvalue weighted by atomic mass is 19.1. The average molecular weight is 635 g/mol. The van der Waals surface area contributed by atoms with E-state index in [-0.39, 0.29) is 36.3 Å². The quantitative estimate of drug-likeness (QED) is 0.333. The molecule has 1 aromatic carbocycles. The van der Waals surface area contributed by atoms with Crippen molar-refractivity contribution in [2.75, 3.05) is 37.7 Å². The summed E-state index contributed by atoms with van der Waals surface area (Å²) in [4.78, 5) is 31.1. The molecule has 0 spiro atoms. The van der Waals surface area contributed by atoms with Gasteiger partial charge in [0, 0.05) is 49.2 Å². The molecule has 46 heavy (non-hydrogen) atoms. The van der Waals surface area contributed by atoms with Gasteiger partial charge in [-0.15, -0.1) is 0 Å². The third-order valence-corrected chi connectivity index (χ3v) is 10.4. The lowest BCUT2D eigenvalue weighted by Gasteiger charge is -2.35. The number of nitrogens with one attached hydrogen (secondary N) is 2. The Labute approximate surface area is 264 Å². The van der Waals surface area contributed by atoms with Crippen molar-refractivity contribution in [1.29, 1.82) is 0 Å². The molecule has 0 radical (unpaired) electrons. The molecule has 5 aliphatic rings. The molecule has 5 aliphatic heterocycles. The van der Waals surface area contributed by atoms with Gasteiger partial charge in [-0.2, -0.15) is 15.1 Å². The minimum atomic E-state index is -1.65. The number of alkyl halides is 2. The lowest BCUT2D eigenvalue weighted by atomic mass is 9.91. The number of H-pyrrole nitrogens is 1. The number of nitrogens with zero attached hydrogens (tertiary/aromatic N) is 6. The summed E-state index contributed by atoms with van der Waals surface area (Å²) in [7, 11) is 0. The summed E-state index contributed by atoms with van der Waals surface area (Å²) >= 11 is 0. The summed E-state index contributed by atoms with van der Waals surface area (Å²) in [6.45, 7) is 4.29. The van der Waals surface area contributed by atoms with Crippen molar-refractivity contribution in [2.24, 2.45) is 0 Å². The van der Waals surface area contributed by atoms with E-state index in [2.05, 4.69) is 30.4 Å². The highest BCUT2D eigenvalue weighted by Crippen LogP contribution is 2.42. The van der Waals surface area contributed by atoms with Crippen molar-refractivity contribution in [3.8, 4) is 17.3 Å². The maximum Gasteiger partial charge on any atom is 0.319 e. The van der Waals surface area contributed by atoms with Crippen LogP contribution in [0.15, 0.2) is 18.5 Å². The zero-order chi connectivity index (χ0) is 31.6. The molecule has 2 N–H and O–H groups in total. The number of piperidine rings is 1. The SMILES string of the molecule is Cc1cc2[nH]ncc2c2c1CCC[C@H](F)C(=O)N[C@@H]1CCCN(C1)c1nc(OC[C@@]34CCCN3C[C@H](F)C4)nc3c(F)c-2ncc13. The Bertz CT molecular complexity index is 1830. The van der Waals surface area contributed by atoms with Crippen LogP contribution in [0.4, 0.5) is 19.0 Å². The summed E-state index contributed by atoms with van der Waals surface area (Å²) < 4.78 is 52.9. The molecule has 4 aromatic rings. The van der Waals surface area contributed by atoms with E-state index in [4.69, 9.17) is 9.72 Å². The molecule has 10 nitrogen and oxygen atoms in total. The van der Waals surface area contributed by atoms with Gasteiger partial charge in [-0.3, -0.25) is 19.8 Å². The molecule has 3 fully saturated rings. The van der Waals surface area contributed by atoms with E-state index in [9.17, 15) is 9.18 Å². The number of halogens is 3. The normalized spacial score (nSPS) is 27.0. The van der Waals surface area contributed by atoms with Crippen LogP contribution in [0.2, 0.25) is 0 Å². The minimum Gasteiger partial charge on any atom is -0.461 e. The first-order valence-corrected chi connectivity index (χ1v) is 16.3. The Morgan fingerprint density at radius 2 is 1.98 bits per heavy atom. The molecule has 3 aromatic heterocycles. The van der Waals surface area contributed by atoms with E-state index in [0.29, 0.717) is 67.5 Å². The average Bonchev–Trinajstić information content (AvgIpc) is 3.74. The van der Waals surface area contributed by atoms with E-state index >= 15 is 8.78 Å². The van der Waals surface area contributed by atoms with E-state index in [1.165, 1.54) is 0 Å². The summed E-state index contributed by atoms with van der Waals surface area (Å²) in [5.74, 6) is -0.783. The van der Waals surface area contributed by atoms with E-state index in [0.717, 1.165) is 42.5 Å². The van der Waals surface area contributed by atoms with Gasteiger partial charge in [0.2, 0.25) is 0 Å². The van der Waals surface area contributed by atoms with E-state index < -0.39 is 29.6 Å². The number of hydrogen-bond acceptors (Lipinski definition) is 8. The number of carbonyl (C=O) groups excluding carboxylic acids is 1. The van der Waals surface area contributed by atoms with Gasteiger partial charge in [0.25, 0.3) is 5.91 Å². The first-order chi connectivity index (χ1) is 22.3. The second-order valence-electron chi connectivity index (χ2n) is 13.4. The highest BCUT2D eigenvalue weighted by Gasteiger charge is 2.49. The van der Waals surface area contributed by atoms with Crippen molar-refractivity contribution in [2.45, 2.75) is 82.2 Å². The third kappa shape index (κ3) is 4.94. The van der Waals surface area contributed by atoms with Gasteiger partial charge >= 0.3 is 6.01 Å². The second kappa shape index (κ2) is 11.4. The van der Waals surface area contributed by atoms with Gasteiger partial charge in [0.15, 0.2) is 12.0 Å². The topological polar surface area (TPSA) is 112 Å². The van der Waals surface area contributed by atoms with Crippen LogP contribution in [0.1, 0.15) is 56.1 Å². The molecule has 0 aliphatic carbocycles. The van der Waals surface area contributed by atoms with E-state index in [1.54, 1.807) is 12.4 Å². The molecule has 0 saturated carbocycles. The number of anilines is 1. The molecule has 242 valence electrons. The molecular weight excluding hydrogens is 597 g/mol. The fourth-order valence-electron chi connectivity index (χ4n) is 8.18. The predicted octanol–water partition coefficient (Wildman–Crippen LogP) is 4.73. The van der Waals surface area contributed by atoms with Crippen molar-refractivity contribution in [3.05, 3.63) is 35.4 Å². The second-order valence-corrected chi connectivity index (χ2v) is 13.4. The smallest absolute Gasteiger partial charge is 0.319 e. The minimum absolute atomic E-state index is 0.0103. The number of amides is 1. The number of hydrogen-bond donors (Lipinski definition) is 2. The summed E-state index contributed by atoms with van der Waals surface area (Å²) in [5.41, 5.74) is 2.74. The molecule has 9 rings (SSSR count). The zero-order valence-corrected chi connectivity index (χ0v) is 25.8. The molecule has 13 heteroatoms. The molecule has 4 atom stereocenters. The van der Waals surface area contributed by atoms with Crippen LogP contribution in [0, 0.1) is 12.7 Å². The zero-order valence-electron chi connectivity index (χ0n) is 25.8. The van der Waals surface area contributed by atoms with Crippen molar-refractivity contribution < 1.29 is 22.7 Å².